The third-order valence-corrected chi connectivity index (χ3v) is 2.21. The zero-order valence-corrected chi connectivity index (χ0v) is 10.0. The van der Waals surface area contributed by atoms with Crippen molar-refractivity contribution >= 4 is 5.97 Å². The van der Waals surface area contributed by atoms with E-state index >= 15 is 0 Å². The number of rotatable bonds is 8. The number of aliphatic hydroxyl groups excluding tert-OH is 1. The maximum absolute atomic E-state index is 11.3. The predicted octanol–water partition coefficient (Wildman–Crippen LogP) is 0.374. The van der Waals surface area contributed by atoms with Gasteiger partial charge in [-0.05, 0) is 0 Å². The molecule has 0 aliphatic carbocycles. The van der Waals surface area contributed by atoms with E-state index in [-0.39, 0.29) is 19.1 Å². The lowest BCUT2D eigenvalue weighted by molar-refractivity contribution is -0.163. The van der Waals surface area contributed by atoms with Crippen molar-refractivity contribution in [1.29, 1.82) is 0 Å². The first-order chi connectivity index (χ1) is 7.60. The molecule has 0 heterocycles. The Morgan fingerprint density at radius 3 is 2.50 bits per heavy atom. The Labute approximate surface area is 96.0 Å². The summed E-state index contributed by atoms with van der Waals surface area (Å²) in [6.45, 7) is 5.14. The summed E-state index contributed by atoms with van der Waals surface area (Å²) in [6.07, 6.45) is 0.537. The number of methoxy groups -OCH3 is 2. The second-order valence-electron chi connectivity index (χ2n) is 3.48. The first kappa shape index (κ1) is 15.1. The fraction of sp³-hybridized carbons (Fsp3) is 0.727. The second-order valence-corrected chi connectivity index (χ2v) is 3.48. The first-order valence-electron chi connectivity index (χ1n) is 5.05. The predicted molar refractivity (Wildman–Crippen MR) is 59.0 cm³/mol. The molecule has 0 unspecified atom stereocenters. The minimum absolute atomic E-state index is 0.0986. The summed E-state index contributed by atoms with van der Waals surface area (Å²) in [5, 5.41) is 9.08. The highest BCUT2D eigenvalue weighted by molar-refractivity contribution is 5.71. The summed E-state index contributed by atoms with van der Waals surface area (Å²) in [6, 6.07) is 0. The van der Waals surface area contributed by atoms with E-state index < -0.39 is 18.2 Å². The molecule has 0 aromatic carbocycles. The fourth-order valence-corrected chi connectivity index (χ4v) is 1.28. The lowest BCUT2D eigenvalue weighted by Gasteiger charge is -2.27. The number of carbonyl (C=O) groups excluding carboxylic acids is 1. The van der Waals surface area contributed by atoms with E-state index in [1.54, 1.807) is 6.92 Å². The van der Waals surface area contributed by atoms with Crippen LogP contribution in [0.4, 0.5) is 0 Å². The number of hydrogen-bond acceptors (Lipinski definition) is 5. The largest absolute Gasteiger partial charge is 0.457 e. The van der Waals surface area contributed by atoms with Gasteiger partial charge >= 0.3 is 5.97 Å². The van der Waals surface area contributed by atoms with Gasteiger partial charge < -0.3 is 19.3 Å². The zero-order chi connectivity index (χ0) is 12.6. The summed E-state index contributed by atoms with van der Waals surface area (Å²) < 4.78 is 14.9. The number of ether oxygens (including phenoxy) is 3. The third-order valence-electron chi connectivity index (χ3n) is 2.21. The van der Waals surface area contributed by atoms with Crippen molar-refractivity contribution in [2.75, 3.05) is 27.4 Å². The van der Waals surface area contributed by atoms with Crippen LogP contribution in [-0.2, 0) is 19.0 Å². The molecule has 0 aliphatic heterocycles. The molecule has 5 heteroatoms. The molecular formula is C11H20O5. The lowest BCUT2D eigenvalue weighted by atomic mass is 10.0. The van der Waals surface area contributed by atoms with Crippen LogP contribution < -0.4 is 0 Å². The van der Waals surface area contributed by atoms with Gasteiger partial charge in [0.1, 0.15) is 18.8 Å². The molecule has 0 rings (SSSR count). The summed E-state index contributed by atoms with van der Waals surface area (Å²) in [5.74, 6) is -0.722. The van der Waals surface area contributed by atoms with Crippen molar-refractivity contribution in [3.8, 4) is 0 Å². The molecule has 0 saturated heterocycles. The third kappa shape index (κ3) is 4.74. The Balaban J connectivity index is 4.53. The van der Waals surface area contributed by atoms with Gasteiger partial charge in [-0.1, -0.05) is 13.0 Å². The van der Waals surface area contributed by atoms with Gasteiger partial charge in [0.05, 0.1) is 0 Å². The zero-order valence-electron chi connectivity index (χ0n) is 10.0. The van der Waals surface area contributed by atoms with Crippen LogP contribution in [0.2, 0.25) is 0 Å². The summed E-state index contributed by atoms with van der Waals surface area (Å²) >= 11 is 0. The molecule has 0 fully saturated rings. The van der Waals surface area contributed by atoms with Crippen LogP contribution in [0.5, 0.6) is 0 Å². The molecule has 0 bridgehead atoms. The van der Waals surface area contributed by atoms with Gasteiger partial charge in [0.2, 0.25) is 0 Å². The molecule has 5 nitrogen and oxygen atoms in total. The molecule has 0 saturated carbocycles. The Hall–Kier alpha value is -0.910. The van der Waals surface area contributed by atoms with Crippen LogP contribution in [0, 0.1) is 5.92 Å². The average molecular weight is 232 g/mol. The standard InChI is InChI=1S/C11H20O5/c1-5-9(15-4)11(8(2)6-12)16-10(13)7-14-3/h5,8-9,11-12H,1,6-7H2,2-4H3/t8-,9-,11+/m0/s1. The van der Waals surface area contributed by atoms with Crippen LogP contribution in [0.15, 0.2) is 12.7 Å². The van der Waals surface area contributed by atoms with Crippen LogP contribution in [-0.4, -0.2) is 50.7 Å². The van der Waals surface area contributed by atoms with Crippen molar-refractivity contribution in [2.24, 2.45) is 5.92 Å². The van der Waals surface area contributed by atoms with Gasteiger partial charge in [-0.2, -0.15) is 0 Å². The SMILES string of the molecule is C=C[C@H](OC)[C@H](OC(=O)COC)[C@@H](C)CO. The van der Waals surface area contributed by atoms with E-state index in [1.165, 1.54) is 20.3 Å². The molecule has 94 valence electrons. The average Bonchev–Trinajstić information content (AvgIpc) is 2.28. The highest BCUT2D eigenvalue weighted by atomic mass is 16.6. The summed E-state index contributed by atoms with van der Waals surface area (Å²) in [7, 11) is 2.90. The monoisotopic (exact) mass is 232 g/mol. The van der Waals surface area contributed by atoms with E-state index in [2.05, 4.69) is 11.3 Å². The van der Waals surface area contributed by atoms with Crippen LogP contribution in [0.3, 0.4) is 0 Å². The van der Waals surface area contributed by atoms with E-state index in [0.717, 1.165) is 0 Å². The molecule has 3 atom stereocenters. The van der Waals surface area contributed by atoms with Gasteiger partial charge in [0.15, 0.2) is 0 Å². The molecule has 0 aromatic heterocycles. The van der Waals surface area contributed by atoms with Crippen LogP contribution in [0.25, 0.3) is 0 Å². The number of carbonyl (C=O) groups is 1. The van der Waals surface area contributed by atoms with Gasteiger partial charge in [0, 0.05) is 26.7 Å². The van der Waals surface area contributed by atoms with Gasteiger partial charge in [0.25, 0.3) is 0 Å². The van der Waals surface area contributed by atoms with Crippen molar-refractivity contribution in [3.05, 3.63) is 12.7 Å². The minimum atomic E-state index is -0.560. The maximum Gasteiger partial charge on any atom is 0.332 e. The lowest BCUT2D eigenvalue weighted by Crippen LogP contribution is -2.39. The van der Waals surface area contributed by atoms with E-state index in [1.807, 2.05) is 0 Å². The maximum atomic E-state index is 11.3. The number of esters is 1. The topological polar surface area (TPSA) is 65.0 Å². The van der Waals surface area contributed by atoms with Crippen molar-refractivity contribution in [1.82, 2.24) is 0 Å². The summed E-state index contributed by atoms with van der Waals surface area (Å²) in [5.41, 5.74) is 0. The molecule has 0 radical (unpaired) electrons. The van der Waals surface area contributed by atoms with Crippen molar-refractivity contribution in [3.63, 3.8) is 0 Å². The van der Waals surface area contributed by atoms with Crippen LogP contribution in [0.1, 0.15) is 6.92 Å². The quantitative estimate of drug-likeness (QED) is 0.484. The number of aliphatic hydroxyl groups is 1. The Morgan fingerprint density at radius 1 is 1.50 bits per heavy atom. The minimum Gasteiger partial charge on any atom is -0.457 e. The molecule has 16 heavy (non-hydrogen) atoms. The molecule has 1 N–H and O–H groups in total. The summed E-state index contributed by atoms with van der Waals surface area (Å²) in [4.78, 5) is 11.3. The van der Waals surface area contributed by atoms with E-state index in [9.17, 15) is 4.79 Å². The molecular weight excluding hydrogens is 212 g/mol. The highest BCUT2D eigenvalue weighted by Crippen LogP contribution is 2.15. The molecule has 0 spiro atoms. The Morgan fingerprint density at radius 2 is 2.12 bits per heavy atom. The Bertz CT molecular complexity index is 216. The van der Waals surface area contributed by atoms with E-state index in [0.29, 0.717) is 0 Å². The first-order valence-corrected chi connectivity index (χ1v) is 5.05. The van der Waals surface area contributed by atoms with Gasteiger partial charge in [-0.25, -0.2) is 4.79 Å². The Kier molecular flexibility index (Phi) is 7.80. The van der Waals surface area contributed by atoms with Gasteiger partial charge in [-0.15, -0.1) is 6.58 Å². The fourth-order valence-electron chi connectivity index (χ4n) is 1.28. The molecule has 0 aliphatic rings. The highest BCUT2D eigenvalue weighted by Gasteiger charge is 2.28. The van der Waals surface area contributed by atoms with Crippen molar-refractivity contribution in [2.45, 2.75) is 19.1 Å². The molecule has 0 amide bonds. The van der Waals surface area contributed by atoms with Crippen LogP contribution >= 0.6 is 0 Å². The molecule has 0 aromatic rings. The number of hydrogen-bond donors (Lipinski definition) is 1. The van der Waals surface area contributed by atoms with Crippen molar-refractivity contribution < 1.29 is 24.1 Å². The van der Waals surface area contributed by atoms with E-state index in [4.69, 9.17) is 14.6 Å². The van der Waals surface area contributed by atoms with Gasteiger partial charge in [-0.3, -0.25) is 0 Å². The normalized spacial score (nSPS) is 16.2. The second kappa shape index (κ2) is 8.27. The smallest absolute Gasteiger partial charge is 0.332 e.